The van der Waals surface area contributed by atoms with Gasteiger partial charge >= 0.3 is 0 Å². The highest BCUT2D eigenvalue weighted by Gasteiger charge is 2.46. The number of para-hydroxylation sites is 1. The third-order valence-corrected chi connectivity index (χ3v) is 6.25. The van der Waals surface area contributed by atoms with Crippen molar-refractivity contribution in [2.75, 3.05) is 26.2 Å². The standard InChI is InChI=1S/C25H25NO3/c1-27-21-14-17-15-26-20-12-8-7-11-18(20)19(13-16-9-5-4-6-10-16)23(26)22(17)25(29-3)24(21)28-2/h4-12,14,19,23H,13,15H2,1-3H3/t19-,23-/m1/s1. The Morgan fingerprint density at radius 2 is 1.59 bits per heavy atom. The van der Waals surface area contributed by atoms with E-state index in [9.17, 15) is 0 Å². The molecule has 4 heteroatoms. The van der Waals surface area contributed by atoms with E-state index in [4.69, 9.17) is 14.2 Å². The minimum atomic E-state index is 0.220. The molecular weight excluding hydrogens is 362 g/mol. The van der Waals surface area contributed by atoms with Crippen LogP contribution < -0.4 is 19.1 Å². The number of nitrogens with zero attached hydrogens (tertiary/aromatic N) is 1. The molecular formula is C25H25NO3. The fourth-order valence-corrected chi connectivity index (χ4v) is 5.10. The number of hydrogen-bond acceptors (Lipinski definition) is 4. The Labute approximate surface area is 171 Å². The summed E-state index contributed by atoms with van der Waals surface area (Å²) in [4.78, 5) is 2.51. The van der Waals surface area contributed by atoms with Crippen LogP contribution in [0.5, 0.6) is 17.2 Å². The lowest BCUT2D eigenvalue weighted by atomic mass is 9.84. The smallest absolute Gasteiger partial charge is 0.203 e. The van der Waals surface area contributed by atoms with E-state index in [-0.39, 0.29) is 6.04 Å². The van der Waals surface area contributed by atoms with E-state index in [1.165, 1.54) is 27.9 Å². The van der Waals surface area contributed by atoms with E-state index in [1.54, 1.807) is 21.3 Å². The van der Waals surface area contributed by atoms with Gasteiger partial charge in [-0.25, -0.2) is 0 Å². The largest absolute Gasteiger partial charge is 0.493 e. The number of ether oxygens (including phenoxy) is 3. The molecule has 0 unspecified atom stereocenters. The van der Waals surface area contributed by atoms with Crippen molar-refractivity contribution < 1.29 is 14.2 Å². The van der Waals surface area contributed by atoms with Crippen LogP contribution >= 0.6 is 0 Å². The van der Waals surface area contributed by atoms with E-state index in [0.29, 0.717) is 11.7 Å². The van der Waals surface area contributed by atoms with Gasteiger partial charge in [-0.05, 0) is 35.2 Å². The first kappa shape index (κ1) is 17.9. The molecule has 3 aromatic carbocycles. The van der Waals surface area contributed by atoms with Crippen LogP contribution in [0.25, 0.3) is 0 Å². The quantitative estimate of drug-likeness (QED) is 0.608. The average Bonchev–Trinajstić information content (AvgIpc) is 3.28. The summed E-state index contributed by atoms with van der Waals surface area (Å²) in [6.07, 6.45) is 0.982. The molecule has 0 saturated heterocycles. The number of methoxy groups -OCH3 is 3. The maximum absolute atomic E-state index is 5.90. The van der Waals surface area contributed by atoms with Gasteiger partial charge in [0.1, 0.15) is 0 Å². The van der Waals surface area contributed by atoms with E-state index in [0.717, 1.165) is 24.5 Å². The topological polar surface area (TPSA) is 30.9 Å². The van der Waals surface area contributed by atoms with Crippen LogP contribution in [0.3, 0.4) is 0 Å². The monoisotopic (exact) mass is 387 g/mol. The van der Waals surface area contributed by atoms with Gasteiger partial charge in [0.05, 0.1) is 27.4 Å². The second kappa shape index (κ2) is 7.03. The lowest BCUT2D eigenvalue weighted by molar-refractivity contribution is 0.320. The van der Waals surface area contributed by atoms with Crippen LogP contribution in [0.2, 0.25) is 0 Å². The third-order valence-electron chi connectivity index (χ3n) is 6.25. The van der Waals surface area contributed by atoms with E-state index < -0.39 is 0 Å². The van der Waals surface area contributed by atoms with Gasteiger partial charge in [0.2, 0.25) is 5.75 Å². The van der Waals surface area contributed by atoms with Crippen molar-refractivity contribution in [1.82, 2.24) is 0 Å². The minimum Gasteiger partial charge on any atom is -0.493 e. The number of fused-ring (bicyclic) bond motifs is 5. The molecule has 0 aliphatic carbocycles. The van der Waals surface area contributed by atoms with Crippen LogP contribution in [0.1, 0.15) is 34.2 Å². The lowest BCUT2D eigenvalue weighted by Crippen LogP contribution is -2.20. The van der Waals surface area contributed by atoms with Crippen molar-refractivity contribution in [3.05, 3.63) is 82.9 Å². The lowest BCUT2D eigenvalue weighted by Gasteiger charge is -2.25. The normalized spacial score (nSPS) is 18.8. The van der Waals surface area contributed by atoms with E-state index in [1.807, 2.05) is 0 Å². The molecule has 4 nitrogen and oxygen atoms in total. The van der Waals surface area contributed by atoms with Gasteiger partial charge in [-0.3, -0.25) is 0 Å². The third kappa shape index (κ3) is 2.66. The molecule has 0 N–H and O–H groups in total. The van der Waals surface area contributed by atoms with Gasteiger partial charge in [-0.1, -0.05) is 48.5 Å². The first-order chi connectivity index (χ1) is 14.3. The van der Waals surface area contributed by atoms with Crippen molar-refractivity contribution in [1.29, 1.82) is 0 Å². The summed E-state index contributed by atoms with van der Waals surface area (Å²) in [5, 5.41) is 0. The highest BCUT2D eigenvalue weighted by molar-refractivity contribution is 5.72. The summed E-state index contributed by atoms with van der Waals surface area (Å²) in [6.45, 7) is 0.846. The van der Waals surface area contributed by atoms with Crippen LogP contribution in [0, 0.1) is 0 Å². The van der Waals surface area contributed by atoms with Gasteiger partial charge in [0.15, 0.2) is 11.5 Å². The molecule has 2 atom stereocenters. The Kier molecular flexibility index (Phi) is 4.35. The zero-order valence-corrected chi connectivity index (χ0v) is 17.0. The van der Waals surface area contributed by atoms with Gasteiger partial charge < -0.3 is 19.1 Å². The highest BCUT2D eigenvalue weighted by Crippen LogP contribution is 2.59. The van der Waals surface area contributed by atoms with Crippen LogP contribution in [-0.4, -0.2) is 21.3 Å². The molecule has 3 aromatic rings. The Bertz CT molecular complexity index is 1050. The Morgan fingerprint density at radius 1 is 0.862 bits per heavy atom. The summed E-state index contributed by atoms with van der Waals surface area (Å²) >= 11 is 0. The summed E-state index contributed by atoms with van der Waals surface area (Å²) in [7, 11) is 5.06. The Hall–Kier alpha value is -3.14. The first-order valence-corrected chi connectivity index (χ1v) is 9.98. The van der Waals surface area contributed by atoms with Crippen molar-refractivity contribution in [3.8, 4) is 17.2 Å². The fourth-order valence-electron chi connectivity index (χ4n) is 5.10. The minimum absolute atomic E-state index is 0.220. The molecule has 0 amide bonds. The van der Waals surface area contributed by atoms with Crippen molar-refractivity contribution in [3.63, 3.8) is 0 Å². The van der Waals surface area contributed by atoms with Crippen LogP contribution in [0.15, 0.2) is 60.7 Å². The molecule has 0 saturated carbocycles. The summed E-state index contributed by atoms with van der Waals surface area (Å²) in [5.74, 6) is 2.53. The van der Waals surface area contributed by atoms with Gasteiger partial charge in [-0.2, -0.15) is 0 Å². The molecule has 2 heterocycles. The highest BCUT2D eigenvalue weighted by atomic mass is 16.5. The van der Waals surface area contributed by atoms with Gasteiger partial charge in [-0.15, -0.1) is 0 Å². The van der Waals surface area contributed by atoms with Crippen molar-refractivity contribution in [2.24, 2.45) is 0 Å². The molecule has 0 bridgehead atoms. The Morgan fingerprint density at radius 3 is 2.31 bits per heavy atom. The second-order valence-electron chi connectivity index (χ2n) is 7.65. The van der Waals surface area contributed by atoms with Crippen LogP contribution in [0.4, 0.5) is 5.69 Å². The molecule has 2 aliphatic rings. The summed E-state index contributed by atoms with van der Waals surface area (Å²) in [6, 6.07) is 21.8. The van der Waals surface area contributed by atoms with Crippen molar-refractivity contribution >= 4 is 5.69 Å². The van der Waals surface area contributed by atoms with Crippen LogP contribution in [-0.2, 0) is 13.0 Å². The zero-order valence-electron chi connectivity index (χ0n) is 17.0. The van der Waals surface area contributed by atoms with E-state index >= 15 is 0 Å². The second-order valence-corrected chi connectivity index (χ2v) is 7.65. The molecule has 29 heavy (non-hydrogen) atoms. The number of rotatable bonds is 5. The van der Waals surface area contributed by atoms with Gasteiger partial charge in [0.25, 0.3) is 0 Å². The summed E-state index contributed by atoms with van der Waals surface area (Å²) in [5.41, 5.74) is 6.54. The predicted octanol–water partition coefficient (Wildman–Crippen LogP) is 5.11. The maximum atomic E-state index is 5.90. The molecule has 0 aromatic heterocycles. The first-order valence-electron chi connectivity index (χ1n) is 9.98. The fraction of sp³-hybridized carbons (Fsp3) is 0.280. The van der Waals surface area contributed by atoms with Gasteiger partial charge in [0, 0.05) is 23.7 Å². The molecule has 2 aliphatic heterocycles. The maximum Gasteiger partial charge on any atom is 0.203 e. The molecule has 0 radical (unpaired) electrons. The molecule has 0 fully saturated rings. The van der Waals surface area contributed by atoms with E-state index in [2.05, 4.69) is 65.6 Å². The molecule has 0 spiro atoms. The Balaban J connectivity index is 1.68. The number of benzene rings is 3. The predicted molar refractivity (Wildman–Crippen MR) is 114 cm³/mol. The molecule has 5 rings (SSSR count). The SMILES string of the molecule is COc1cc2c(c(OC)c1OC)[C@H]1[C@H](Cc3ccccc3)c3ccccc3N1C2. The zero-order chi connectivity index (χ0) is 20.0. The average molecular weight is 387 g/mol. The number of hydrogen-bond donors (Lipinski definition) is 0. The number of anilines is 1. The molecule has 148 valence electrons. The van der Waals surface area contributed by atoms with Crippen molar-refractivity contribution in [2.45, 2.75) is 24.9 Å². The summed E-state index contributed by atoms with van der Waals surface area (Å²) < 4.78 is 17.2.